The van der Waals surface area contributed by atoms with Crippen LogP contribution in [0.1, 0.15) is 33.6 Å². The van der Waals surface area contributed by atoms with Gasteiger partial charge in [-0.25, -0.2) is 0 Å². The number of nitrogens with one attached hydrogen (secondary N) is 1. The van der Waals surface area contributed by atoms with E-state index in [2.05, 4.69) is 43.1 Å². The molecule has 0 bridgehead atoms. The van der Waals surface area contributed by atoms with E-state index in [0.717, 1.165) is 31.0 Å². The Labute approximate surface area is 116 Å². The van der Waals surface area contributed by atoms with Gasteiger partial charge < -0.3 is 10.1 Å². The summed E-state index contributed by atoms with van der Waals surface area (Å²) in [6, 6.07) is 9.43. The van der Waals surface area contributed by atoms with Gasteiger partial charge in [-0.05, 0) is 38.8 Å². The van der Waals surface area contributed by atoms with Gasteiger partial charge in [-0.2, -0.15) is 0 Å². The first-order valence-electron chi connectivity index (χ1n) is 7.43. The second kappa shape index (κ2) is 6.80. The summed E-state index contributed by atoms with van der Waals surface area (Å²) in [7, 11) is 0. The van der Waals surface area contributed by atoms with Crippen molar-refractivity contribution in [1.29, 1.82) is 0 Å². The predicted octanol–water partition coefficient (Wildman–Crippen LogP) is 3.37. The molecule has 0 aromatic heterocycles. The van der Waals surface area contributed by atoms with E-state index in [9.17, 15) is 0 Å². The Bertz CT molecular complexity index is 392. The molecule has 0 spiro atoms. The van der Waals surface area contributed by atoms with Gasteiger partial charge in [-0.15, -0.1) is 0 Å². The van der Waals surface area contributed by atoms with E-state index in [1.54, 1.807) is 0 Å². The summed E-state index contributed by atoms with van der Waals surface area (Å²) in [6.07, 6.45) is 2.25. The molecule has 19 heavy (non-hydrogen) atoms. The lowest BCUT2D eigenvalue weighted by molar-refractivity contribution is 0.274. The molecule has 2 rings (SSSR count). The number of likely N-dealkylation sites (tertiary alicyclic amines) is 1. The van der Waals surface area contributed by atoms with Crippen molar-refractivity contribution >= 4 is 5.69 Å². The molecule has 1 N–H and O–H groups in total. The van der Waals surface area contributed by atoms with Crippen molar-refractivity contribution in [2.75, 3.05) is 25.0 Å². The van der Waals surface area contributed by atoms with Crippen LogP contribution < -0.4 is 10.1 Å². The summed E-state index contributed by atoms with van der Waals surface area (Å²) < 4.78 is 5.79. The lowest BCUT2D eigenvalue weighted by Crippen LogP contribution is -2.31. The van der Waals surface area contributed by atoms with Crippen LogP contribution in [0.2, 0.25) is 0 Å². The van der Waals surface area contributed by atoms with Crippen LogP contribution in [0.25, 0.3) is 0 Å². The fourth-order valence-electron chi connectivity index (χ4n) is 2.52. The first-order chi connectivity index (χ1) is 9.20. The van der Waals surface area contributed by atoms with E-state index in [0.29, 0.717) is 12.1 Å². The zero-order valence-electron chi connectivity index (χ0n) is 12.4. The molecule has 0 amide bonds. The van der Waals surface area contributed by atoms with Gasteiger partial charge in [0.2, 0.25) is 0 Å². The number of hydrogen-bond donors (Lipinski definition) is 1. The van der Waals surface area contributed by atoms with Crippen LogP contribution in [0.5, 0.6) is 5.75 Å². The van der Waals surface area contributed by atoms with E-state index < -0.39 is 0 Å². The first-order valence-corrected chi connectivity index (χ1v) is 7.43. The molecule has 1 fully saturated rings. The van der Waals surface area contributed by atoms with Crippen molar-refractivity contribution in [3.05, 3.63) is 24.3 Å². The Morgan fingerprint density at radius 3 is 2.84 bits per heavy atom. The van der Waals surface area contributed by atoms with E-state index in [1.807, 2.05) is 12.1 Å². The Morgan fingerprint density at radius 1 is 1.37 bits per heavy atom. The fourth-order valence-corrected chi connectivity index (χ4v) is 2.52. The molecule has 1 aliphatic rings. The molecule has 1 heterocycles. The van der Waals surface area contributed by atoms with Gasteiger partial charge in [-0.3, -0.25) is 4.90 Å². The molecule has 0 saturated carbocycles. The molecule has 0 aliphatic carbocycles. The molecular formula is C16H26N2O. The van der Waals surface area contributed by atoms with Crippen LogP contribution in [0.4, 0.5) is 5.69 Å². The number of para-hydroxylation sites is 2. The minimum absolute atomic E-state index is 0.536. The molecule has 3 heteroatoms. The third kappa shape index (κ3) is 3.87. The van der Waals surface area contributed by atoms with Gasteiger partial charge in [-0.1, -0.05) is 19.1 Å². The van der Waals surface area contributed by atoms with E-state index in [-0.39, 0.29) is 0 Å². The van der Waals surface area contributed by atoms with Crippen LogP contribution in [0.3, 0.4) is 0 Å². The molecule has 1 aliphatic heterocycles. The maximum atomic E-state index is 5.79. The number of benzene rings is 1. The second-order valence-electron chi connectivity index (χ2n) is 5.56. The van der Waals surface area contributed by atoms with Gasteiger partial charge >= 0.3 is 0 Å². The summed E-state index contributed by atoms with van der Waals surface area (Å²) >= 11 is 0. The highest BCUT2D eigenvalue weighted by atomic mass is 16.5. The molecule has 1 aromatic rings. The van der Waals surface area contributed by atoms with Crippen LogP contribution in [-0.2, 0) is 0 Å². The zero-order chi connectivity index (χ0) is 13.7. The van der Waals surface area contributed by atoms with Crippen molar-refractivity contribution in [2.45, 2.75) is 45.7 Å². The van der Waals surface area contributed by atoms with E-state index >= 15 is 0 Å². The van der Waals surface area contributed by atoms with Crippen molar-refractivity contribution < 1.29 is 4.74 Å². The van der Waals surface area contributed by atoms with Crippen molar-refractivity contribution in [2.24, 2.45) is 0 Å². The zero-order valence-corrected chi connectivity index (χ0v) is 12.4. The summed E-state index contributed by atoms with van der Waals surface area (Å²) in [5, 5.41) is 3.64. The van der Waals surface area contributed by atoms with Crippen LogP contribution in [0, 0.1) is 0 Å². The Kier molecular flexibility index (Phi) is 5.08. The summed E-state index contributed by atoms with van der Waals surface area (Å²) in [4.78, 5) is 2.52. The molecule has 106 valence electrons. The fraction of sp³-hybridized carbons (Fsp3) is 0.625. The van der Waals surface area contributed by atoms with Crippen molar-refractivity contribution in [3.8, 4) is 5.75 Å². The lowest BCUT2D eigenvalue weighted by Gasteiger charge is -2.21. The third-order valence-electron chi connectivity index (χ3n) is 3.66. The summed E-state index contributed by atoms with van der Waals surface area (Å²) in [5.41, 5.74) is 1.13. The molecule has 1 atom stereocenters. The Balaban J connectivity index is 1.95. The maximum absolute atomic E-state index is 5.79. The molecule has 3 nitrogen and oxygen atoms in total. The maximum Gasteiger partial charge on any atom is 0.142 e. The van der Waals surface area contributed by atoms with E-state index in [4.69, 9.17) is 4.74 Å². The number of nitrogens with zero attached hydrogens (tertiary/aromatic N) is 1. The van der Waals surface area contributed by atoms with Crippen molar-refractivity contribution in [1.82, 2.24) is 4.90 Å². The quantitative estimate of drug-likeness (QED) is 0.850. The highest BCUT2D eigenvalue weighted by Crippen LogP contribution is 2.26. The number of ether oxygens (including phenoxy) is 1. The topological polar surface area (TPSA) is 24.5 Å². The second-order valence-corrected chi connectivity index (χ2v) is 5.56. The molecule has 1 unspecified atom stereocenters. The summed E-state index contributed by atoms with van der Waals surface area (Å²) in [6.45, 7) is 9.75. The Hall–Kier alpha value is -1.22. The number of rotatable bonds is 6. The minimum Gasteiger partial charge on any atom is -0.491 e. The Morgan fingerprint density at radius 2 is 2.16 bits per heavy atom. The minimum atomic E-state index is 0.536. The molecule has 1 saturated heterocycles. The highest BCUT2D eigenvalue weighted by Gasteiger charge is 2.24. The van der Waals surface area contributed by atoms with Gasteiger partial charge in [0.05, 0.1) is 12.3 Å². The molecule has 0 radical (unpaired) electrons. The number of hydrogen-bond acceptors (Lipinski definition) is 3. The standard InChI is InChI=1S/C16H26N2O/c1-4-11-19-16-8-6-5-7-15(16)17-14-9-10-18(12-14)13(2)3/h5-8,13-14,17H,4,9-12H2,1-3H3. The predicted molar refractivity (Wildman–Crippen MR) is 81.0 cm³/mol. The monoisotopic (exact) mass is 262 g/mol. The first kappa shape index (κ1) is 14.2. The van der Waals surface area contributed by atoms with Crippen LogP contribution in [-0.4, -0.2) is 36.7 Å². The van der Waals surface area contributed by atoms with Gasteiger partial charge in [0.15, 0.2) is 0 Å². The SMILES string of the molecule is CCCOc1ccccc1NC1CCN(C(C)C)C1. The van der Waals surface area contributed by atoms with Crippen LogP contribution in [0.15, 0.2) is 24.3 Å². The van der Waals surface area contributed by atoms with Crippen LogP contribution >= 0.6 is 0 Å². The largest absolute Gasteiger partial charge is 0.491 e. The average molecular weight is 262 g/mol. The highest BCUT2D eigenvalue weighted by molar-refractivity contribution is 5.56. The van der Waals surface area contributed by atoms with Crippen molar-refractivity contribution in [3.63, 3.8) is 0 Å². The third-order valence-corrected chi connectivity index (χ3v) is 3.66. The molecular weight excluding hydrogens is 236 g/mol. The van der Waals surface area contributed by atoms with Gasteiger partial charge in [0, 0.05) is 25.2 Å². The average Bonchev–Trinajstić information content (AvgIpc) is 2.86. The van der Waals surface area contributed by atoms with Gasteiger partial charge in [0.1, 0.15) is 5.75 Å². The normalized spacial score (nSPS) is 19.9. The van der Waals surface area contributed by atoms with E-state index in [1.165, 1.54) is 13.0 Å². The van der Waals surface area contributed by atoms with Gasteiger partial charge in [0.25, 0.3) is 0 Å². The molecule has 1 aromatic carbocycles. The smallest absolute Gasteiger partial charge is 0.142 e. The lowest BCUT2D eigenvalue weighted by atomic mass is 10.2. The number of anilines is 1. The summed E-state index contributed by atoms with van der Waals surface area (Å²) in [5.74, 6) is 0.979.